The topological polar surface area (TPSA) is 944 Å². The molecule has 10 fully saturated rings. The summed E-state index contributed by atoms with van der Waals surface area (Å²) in [5.41, 5.74) is 6.45. The van der Waals surface area contributed by atoms with Gasteiger partial charge in [0.25, 0.3) is 5.79 Å². The van der Waals surface area contributed by atoms with Crippen LogP contribution in [0.1, 0.15) is 6.42 Å². The molecule has 57 heteroatoms. The number of hydrogen-bond acceptors (Lipinski definition) is 55. The van der Waals surface area contributed by atoms with E-state index in [0.717, 1.165) is 0 Å². The lowest BCUT2D eigenvalue weighted by Crippen LogP contribution is -2.71. The highest BCUT2D eigenvalue weighted by Crippen LogP contribution is 2.43. The van der Waals surface area contributed by atoms with Crippen LogP contribution in [0.3, 0.4) is 0 Å². The number of carboxylic acid groups (broad SMARTS) is 2. The van der Waals surface area contributed by atoms with Crippen molar-refractivity contribution in [2.24, 2.45) is 5.73 Å². The normalized spacial score (nSPS) is 51.0. The average molecular weight is 1800 g/mol. The molecule has 0 unspecified atom stereocenters. The highest BCUT2D eigenvalue weighted by atomic mass is 16.8. The van der Waals surface area contributed by atoms with Gasteiger partial charge >= 0.3 is 11.9 Å². The third-order valence-corrected chi connectivity index (χ3v) is 22.4. The molecule has 0 amide bonds. The second kappa shape index (κ2) is 42.8. The van der Waals surface area contributed by atoms with Crippen molar-refractivity contribution < 1.29 is 278 Å². The van der Waals surface area contributed by atoms with E-state index in [1.807, 2.05) is 0 Å². The van der Waals surface area contributed by atoms with Gasteiger partial charge in [-0.05, 0) is 0 Å². The van der Waals surface area contributed by atoms with Crippen LogP contribution in [0, 0.1) is 0 Å². The first kappa shape index (κ1) is 101. The molecule has 0 saturated carbocycles. The van der Waals surface area contributed by atoms with E-state index in [1.165, 1.54) is 0 Å². The fourth-order valence-corrected chi connectivity index (χ4v) is 15.3. The van der Waals surface area contributed by atoms with E-state index >= 15 is 0 Å². The van der Waals surface area contributed by atoms with Crippen LogP contribution in [0.2, 0.25) is 0 Å². The summed E-state index contributed by atoms with van der Waals surface area (Å²) in [6.45, 7) is -11.2. The molecular formula is C65H109NO56. The number of aliphatic carboxylic acids is 2. The standard InChI is InChI=1S/C65H109NO56/c66-21-26(83)47(115-58-36(93)28(85)23(80)17(6-71)107-58)20(10-105-56-34(91)27(84)22(79)16(5-70)106-56)110-55(21)116-48-33(90)39(96)61(120-52(48)54(99)100)117-49-40(97)43(15(78)9-104-57-35(92)31(88)32(89)42(111-57)12(75)2-67)112-63(53(49)121-60-38(95)30(87)25(82)19(8-73)109-60)118-50-41(98)62(113-44-11(74)1-65(103,64(101)102)122-46(44)14(77)4-69)114-45(13(76)3-68)51(50)119-59-37(94)29(86)24(81)18(7-72)108-59/h11-53,55-63,67-98,103H,1-10,66H2,(H,99,100)(H,101,102)/t11-,12+,13+,14-,15+,16-,17-,18-,19-,20-,21-,22-,23+,24+,25-,26-,27+,28+,29+,30+,31+,32+,33-,34-,35+,36-,37-,38-,39-,40-,41+,42-,43-,44-,45-,46-,47-,48-,49+,50-,51-,52+,53+,55-,56-,57+,58+,59+,60+,61+,62+,63-,65-/m1/s1. The predicted molar refractivity (Wildman–Crippen MR) is 361 cm³/mol. The Morgan fingerprint density at radius 1 is 0.320 bits per heavy atom. The fraction of sp³-hybridized carbons (Fsp3) is 0.969. The zero-order valence-corrected chi connectivity index (χ0v) is 63.4. The Bertz CT molecular complexity index is 3230. The van der Waals surface area contributed by atoms with Gasteiger partial charge in [0.05, 0.1) is 71.6 Å². The Labute approximate surface area is 685 Å². The monoisotopic (exact) mass is 1800 g/mol. The van der Waals surface area contributed by atoms with Gasteiger partial charge in [0, 0.05) is 6.42 Å². The van der Waals surface area contributed by atoms with Gasteiger partial charge in [0.2, 0.25) is 0 Å². The van der Waals surface area contributed by atoms with Gasteiger partial charge in [-0.15, -0.1) is 0 Å². The predicted octanol–water partition coefficient (Wildman–Crippen LogP) is -24.8. The Kier molecular flexibility index (Phi) is 35.4. The zero-order chi connectivity index (χ0) is 90.2. The molecular weight excluding hydrogens is 1690 g/mol. The van der Waals surface area contributed by atoms with Gasteiger partial charge in [0.1, 0.15) is 244 Å². The maximum absolute atomic E-state index is 13.7. The summed E-state index contributed by atoms with van der Waals surface area (Å²) in [5, 5.41) is 386. The third kappa shape index (κ3) is 21.1. The van der Waals surface area contributed by atoms with Crippen LogP contribution in [-0.4, -0.2) is 575 Å². The van der Waals surface area contributed by atoms with E-state index in [-0.39, 0.29) is 0 Å². The first-order valence-electron chi connectivity index (χ1n) is 38.1. The average Bonchev–Trinajstić information content (AvgIpc) is 0.749. The van der Waals surface area contributed by atoms with E-state index in [1.54, 1.807) is 0 Å². The summed E-state index contributed by atoms with van der Waals surface area (Å²) in [6, 6.07) is -2.15. The first-order chi connectivity index (χ1) is 57.5. The minimum absolute atomic E-state index is 1.01. The highest BCUT2D eigenvalue weighted by Gasteiger charge is 2.64. The summed E-state index contributed by atoms with van der Waals surface area (Å²) in [5.74, 6) is -7.86. The summed E-state index contributed by atoms with van der Waals surface area (Å²) in [4.78, 5) is 26.0. The second-order valence-corrected chi connectivity index (χ2v) is 30.6. The number of aliphatic hydroxyl groups excluding tert-OH is 32. The van der Waals surface area contributed by atoms with Gasteiger partial charge in [-0.2, -0.15) is 0 Å². The zero-order valence-electron chi connectivity index (χ0n) is 63.4. The van der Waals surface area contributed by atoms with Crippen LogP contribution in [-0.2, 0) is 99.6 Å². The van der Waals surface area contributed by atoms with Gasteiger partial charge in [0.15, 0.2) is 62.7 Å². The molecule has 0 aromatic rings. The molecule has 53 atom stereocenters. The summed E-state index contributed by atoms with van der Waals surface area (Å²) in [7, 11) is 0. The number of nitrogens with two attached hydrogens (primary N) is 1. The molecule has 37 N–H and O–H groups in total. The Hall–Kier alpha value is -3.18. The van der Waals surface area contributed by atoms with Gasteiger partial charge in [-0.25, -0.2) is 9.59 Å². The molecule has 0 radical (unpaired) electrons. The SMILES string of the molecule is N[C@H]1[C@@H](O[C@@H]2[C@H](O)[C@@H](O)[C@@H](O[C@H]3[C@H](O)[C@@H]([C@@H](O)CO[C@H]4O[C@H]([C@@H](O)CO)[C@@H](O)[C@H](O)[C@@H]4O)O[C@H](O[C@@H]4[C@H](O)[C@@H](O[C@H]5[C@@H]([C@H](O)CO)O[C@@](O)(C(=O)O)C[C@H]5O)O[C@H]([C@@H](O)CO)[C@H]4O[C@@H]4O[C@H](CO)[C@H](O)[C@H](O)[C@H]4O)[C@H]3O[C@@H]3O[C@H](CO)[C@@H](O)[C@H](O)[C@H]3O)O[C@@H]2C(=O)O)O[C@H](CO[C@@H]2O[C@H](CO)[C@@H](O)[C@H](O)[C@H]2O)[C@@H](O[C@@H]2O[C@H](CO)[C@H](O)[C@H](O)[C@H]2O)[C@@H]1O. The molecule has 0 aliphatic carbocycles. The number of carboxylic acids is 2. The maximum atomic E-state index is 13.7. The van der Waals surface area contributed by atoms with Gasteiger partial charge in [-0.3, -0.25) is 0 Å². The molecule has 0 aromatic carbocycles. The molecule has 10 aliphatic heterocycles. The highest BCUT2D eigenvalue weighted by molar-refractivity contribution is 5.75. The number of ether oxygens (including phenoxy) is 19. The molecule has 10 saturated heterocycles. The summed E-state index contributed by atoms with van der Waals surface area (Å²) >= 11 is 0. The molecule has 57 nitrogen and oxygen atoms in total. The van der Waals surface area contributed by atoms with Crippen molar-refractivity contribution in [3.05, 3.63) is 0 Å². The molecule has 0 aromatic heterocycles. The summed E-state index contributed by atoms with van der Waals surface area (Å²) < 4.78 is 110. The number of aliphatic hydroxyl groups is 33. The lowest BCUT2D eigenvalue weighted by molar-refractivity contribution is -0.423. The third-order valence-electron chi connectivity index (χ3n) is 22.4. The van der Waals surface area contributed by atoms with E-state index in [9.17, 15) is 188 Å². The Balaban J connectivity index is 1.06. The molecule has 10 heterocycles. The lowest BCUT2D eigenvalue weighted by Gasteiger charge is -2.53. The largest absolute Gasteiger partial charge is 0.479 e. The van der Waals surface area contributed by atoms with Crippen LogP contribution in [0.25, 0.3) is 0 Å². The minimum atomic E-state index is -3.41. The van der Waals surface area contributed by atoms with Crippen molar-refractivity contribution >= 4 is 11.9 Å². The van der Waals surface area contributed by atoms with Crippen molar-refractivity contribution in [1.82, 2.24) is 0 Å². The van der Waals surface area contributed by atoms with E-state index in [2.05, 4.69) is 0 Å². The molecule has 0 bridgehead atoms. The maximum Gasteiger partial charge on any atom is 0.364 e. The molecule has 710 valence electrons. The van der Waals surface area contributed by atoms with Gasteiger partial charge in [-0.1, -0.05) is 0 Å². The van der Waals surface area contributed by atoms with Crippen LogP contribution in [0.5, 0.6) is 0 Å². The van der Waals surface area contributed by atoms with E-state index < -0.39 is 403 Å². The molecule has 122 heavy (non-hydrogen) atoms. The van der Waals surface area contributed by atoms with Crippen molar-refractivity contribution in [3.8, 4) is 0 Å². The van der Waals surface area contributed by atoms with Crippen LogP contribution in [0.15, 0.2) is 0 Å². The number of hydrogen-bond donors (Lipinski definition) is 36. The minimum Gasteiger partial charge on any atom is -0.479 e. The van der Waals surface area contributed by atoms with Crippen LogP contribution in [0.4, 0.5) is 0 Å². The van der Waals surface area contributed by atoms with Crippen molar-refractivity contribution in [1.29, 1.82) is 0 Å². The Morgan fingerprint density at radius 2 is 0.672 bits per heavy atom. The fourth-order valence-electron chi connectivity index (χ4n) is 15.3. The molecule has 10 rings (SSSR count). The second-order valence-electron chi connectivity index (χ2n) is 30.6. The van der Waals surface area contributed by atoms with Gasteiger partial charge < -0.3 is 274 Å². The Morgan fingerprint density at radius 3 is 1.16 bits per heavy atom. The smallest absolute Gasteiger partial charge is 0.364 e. The van der Waals surface area contributed by atoms with Crippen LogP contribution < -0.4 is 5.73 Å². The van der Waals surface area contributed by atoms with Crippen LogP contribution >= 0.6 is 0 Å². The molecule has 10 aliphatic rings. The lowest BCUT2D eigenvalue weighted by atomic mass is 9.91. The quantitative estimate of drug-likeness (QED) is 0.0290. The van der Waals surface area contributed by atoms with E-state index in [0.29, 0.717) is 0 Å². The number of rotatable bonds is 33. The summed E-state index contributed by atoms with van der Waals surface area (Å²) in [6.07, 6.45) is -124. The molecule has 0 spiro atoms. The van der Waals surface area contributed by atoms with Crippen molar-refractivity contribution in [2.75, 3.05) is 59.5 Å². The van der Waals surface area contributed by atoms with Crippen molar-refractivity contribution in [3.63, 3.8) is 0 Å². The van der Waals surface area contributed by atoms with Crippen molar-refractivity contribution in [2.45, 2.75) is 331 Å². The number of carbonyl (C=O) groups is 2. The van der Waals surface area contributed by atoms with E-state index in [4.69, 9.17) is 95.7 Å². The first-order valence-corrected chi connectivity index (χ1v) is 38.1.